The molecule has 0 unspecified atom stereocenters. The number of nitrogens with one attached hydrogen (secondary N) is 1. The zero-order valence-corrected chi connectivity index (χ0v) is 13.0. The van der Waals surface area contributed by atoms with E-state index >= 15 is 0 Å². The van der Waals surface area contributed by atoms with Gasteiger partial charge in [-0.15, -0.1) is 0 Å². The van der Waals surface area contributed by atoms with Crippen molar-refractivity contribution in [3.8, 4) is 0 Å². The van der Waals surface area contributed by atoms with Crippen molar-refractivity contribution in [3.63, 3.8) is 0 Å². The molecule has 0 saturated carbocycles. The Labute approximate surface area is 133 Å². The Kier molecular flexibility index (Phi) is 4.00. The van der Waals surface area contributed by atoms with Crippen molar-refractivity contribution in [2.45, 2.75) is 13.5 Å². The number of nitrogens with zero attached hydrogens (tertiary/aromatic N) is 1. The predicted molar refractivity (Wildman–Crippen MR) is 90.3 cm³/mol. The van der Waals surface area contributed by atoms with Crippen LogP contribution < -0.4 is 5.32 Å². The highest BCUT2D eigenvalue weighted by atomic mass is 35.5. The normalized spacial score (nSPS) is 10.8. The molecule has 0 radical (unpaired) electrons. The van der Waals surface area contributed by atoms with E-state index in [-0.39, 0.29) is 0 Å². The summed E-state index contributed by atoms with van der Waals surface area (Å²) < 4.78 is 0. The SMILES string of the molecule is Cc1ccc(CNc2ccc(Cl)c3ncccc23)cc1Cl. The van der Waals surface area contributed by atoms with Gasteiger partial charge in [0.2, 0.25) is 0 Å². The van der Waals surface area contributed by atoms with Crippen LogP contribution in [0, 0.1) is 6.92 Å². The topological polar surface area (TPSA) is 24.9 Å². The lowest BCUT2D eigenvalue weighted by molar-refractivity contribution is 1.15. The second-order valence-corrected chi connectivity index (χ2v) is 5.75. The standard InChI is InChI=1S/C17H14Cl2N2/c1-11-4-5-12(9-15(11)19)10-21-16-7-6-14(18)17-13(16)3-2-8-20-17/h2-9,21H,10H2,1H3. The summed E-state index contributed by atoms with van der Waals surface area (Å²) in [4.78, 5) is 4.33. The van der Waals surface area contributed by atoms with Gasteiger partial charge in [-0.3, -0.25) is 4.98 Å². The third kappa shape index (κ3) is 2.97. The molecule has 0 aliphatic rings. The van der Waals surface area contributed by atoms with Crippen LogP contribution in [0.15, 0.2) is 48.7 Å². The first-order chi connectivity index (χ1) is 10.1. The van der Waals surface area contributed by atoms with Crippen LogP contribution in [-0.4, -0.2) is 4.98 Å². The number of aryl methyl sites for hydroxylation is 1. The Hall–Kier alpha value is -1.77. The van der Waals surface area contributed by atoms with Crippen LogP contribution in [0.25, 0.3) is 10.9 Å². The zero-order chi connectivity index (χ0) is 14.8. The summed E-state index contributed by atoms with van der Waals surface area (Å²) in [6.07, 6.45) is 1.75. The molecule has 0 amide bonds. The van der Waals surface area contributed by atoms with E-state index < -0.39 is 0 Å². The summed E-state index contributed by atoms with van der Waals surface area (Å²) in [7, 11) is 0. The largest absolute Gasteiger partial charge is 0.380 e. The number of rotatable bonds is 3. The van der Waals surface area contributed by atoms with Gasteiger partial charge in [0.1, 0.15) is 0 Å². The van der Waals surface area contributed by atoms with Crippen LogP contribution in [0.5, 0.6) is 0 Å². The minimum absolute atomic E-state index is 0.662. The molecule has 0 saturated heterocycles. The fourth-order valence-electron chi connectivity index (χ4n) is 2.24. The first-order valence-electron chi connectivity index (χ1n) is 6.67. The van der Waals surface area contributed by atoms with Gasteiger partial charge in [-0.1, -0.05) is 35.3 Å². The van der Waals surface area contributed by atoms with Crippen molar-refractivity contribution < 1.29 is 0 Å². The van der Waals surface area contributed by atoms with Crippen molar-refractivity contribution in [1.29, 1.82) is 0 Å². The first kappa shape index (κ1) is 14.2. The molecule has 0 atom stereocenters. The Morgan fingerprint density at radius 3 is 2.71 bits per heavy atom. The summed E-state index contributed by atoms with van der Waals surface area (Å²) in [5.74, 6) is 0. The van der Waals surface area contributed by atoms with Crippen LogP contribution in [0.4, 0.5) is 5.69 Å². The highest BCUT2D eigenvalue weighted by Gasteiger charge is 2.05. The van der Waals surface area contributed by atoms with Gasteiger partial charge in [-0.25, -0.2) is 0 Å². The summed E-state index contributed by atoms with van der Waals surface area (Å²) in [5, 5.41) is 5.89. The van der Waals surface area contributed by atoms with Crippen LogP contribution in [0.2, 0.25) is 10.0 Å². The molecule has 0 aliphatic heterocycles. The number of pyridine rings is 1. The van der Waals surface area contributed by atoms with Crippen molar-refractivity contribution in [2.75, 3.05) is 5.32 Å². The van der Waals surface area contributed by atoms with Gasteiger partial charge in [-0.2, -0.15) is 0 Å². The fraction of sp³-hybridized carbons (Fsp3) is 0.118. The molecule has 2 aromatic carbocycles. The molecule has 21 heavy (non-hydrogen) atoms. The average Bonchev–Trinajstić information content (AvgIpc) is 2.50. The summed E-state index contributed by atoms with van der Waals surface area (Å²) in [6.45, 7) is 2.70. The first-order valence-corrected chi connectivity index (χ1v) is 7.43. The zero-order valence-electron chi connectivity index (χ0n) is 11.5. The molecule has 4 heteroatoms. The number of fused-ring (bicyclic) bond motifs is 1. The van der Waals surface area contributed by atoms with Crippen molar-refractivity contribution in [3.05, 3.63) is 69.8 Å². The number of hydrogen-bond donors (Lipinski definition) is 1. The molecule has 0 aliphatic carbocycles. The molecule has 2 nitrogen and oxygen atoms in total. The number of benzene rings is 2. The Morgan fingerprint density at radius 1 is 1.05 bits per heavy atom. The minimum Gasteiger partial charge on any atom is -0.380 e. The van der Waals surface area contributed by atoms with Crippen molar-refractivity contribution >= 4 is 39.8 Å². The second kappa shape index (κ2) is 5.92. The molecule has 0 spiro atoms. The van der Waals surface area contributed by atoms with Crippen LogP contribution in [0.1, 0.15) is 11.1 Å². The van der Waals surface area contributed by atoms with Gasteiger partial charge in [0.25, 0.3) is 0 Å². The van der Waals surface area contributed by atoms with Crippen LogP contribution in [0.3, 0.4) is 0 Å². The molecular formula is C17H14Cl2N2. The number of anilines is 1. The quantitative estimate of drug-likeness (QED) is 0.693. The third-order valence-corrected chi connectivity index (χ3v) is 4.15. The van der Waals surface area contributed by atoms with Crippen LogP contribution in [-0.2, 0) is 6.54 Å². The smallest absolute Gasteiger partial charge is 0.0908 e. The molecule has 3 rings (SSSR count). The lowest BCUT2D eigenvalue weighted by Crippen LogP contribution is -2.00. The van der Waals surface area contributed by atoms with E-state index in [2.05, 4.69) is 16.4 Å². The summed E-state index contributed by atoms with van der Waals surface area (Å²) in [5.41, 5.74) is 4.05. The molecule has 1 N–H and O–H groups in total. The Morgan fingerprint density at radius 2 is 1.90 bits per heavy atom. The monoisotopic (exact) mass is 316 g/mol. The van der Waals surface area contributed by atoms with Gasteiger partial charge >= 0.3 is 0 Å². The average molecular weight is 317 g/mol. The van der Waals surface area contributed by atoms with Crippen molar-refractivity contribution in [2.24, 2.45) is 0 Å². The lowest BCUT2D eigenvalue weighted by atomic mass is 10.1. The molecular weight excluding hydrogens is 303 g/mol. The molecule has 0 bridgehead atoms. The molecule has 0 fully saturated rings. The van der Waals surface area contributed by atoms with Crippen molar-refractivity contribution in [1.82, 2.24) is 4.98 Å². The van der Waals surface area contributed by atoms with E-state index in [1.165, 1.54) is 0 Å². The maximum atomic E-state index is 6.18. The van der Waals surface area contributed by atoms with E-state index in [4.69, 9.17) is 23.2 Å². The molecule has 1 aromatic heterocycles. The number of halogens is 2. The van der Waals surface area contributed by atoms with Crippen LogP contribution >= 0.6 is 23.2 Å². The number of aromatic nitrogens is 1. The Bertz CT molecular complexity index is 800. The highest BCUT2D eigenvalue weighted by Crippen LogP contribution is 2.28. The van der Waals surface area contributed by atoms with Gasteiger partial charge in [0, 0.05) is 28.8 Å². The Balaban J connectivity index is 1.88. The lowest BCUT2D eigenvalue weighted by Gasteiger charge is -2.11. The molecule has 1 heterocycles. The van der Waals surface area contributed by atoms with E-state index in [0.717, 1.165) is 32.7 Å². The van der Waals surface area contributed by atoms with E-state index in [1.807, 2.05) is 43.3 Å². The van der Waals surface area contributed by atoms with E-state index in [9.17, 15) is 0 Å². The summed E-state index contributed by atoms with van der Waals surface area (Å²) in [6, 6.07) is 13.8. The van der Waals surface area contributed by atoms with E-state index in [0.29, 0.717) is 11.6 Å². The van der Waals surface area contributed by atoms with Gasteiger partial charge in [0.05, 0.1) is 10.5 Å². The maximum Gasteiger partial charge on any atom is 0.0908 e. The van der Waals surface area contributed by atoms with E-state index in [1.54, 1.807) is 6.20 Å². The fourth-order valence-corrected chi connectivity index (χ4v) is 2.65. The summed E-state index contributed by atoms with van der Waals surface area (Å²) >= 11 is 12.3. The second-order valence-electron chi connectivity index (χ2n) is 4.93. The van der Waals surface area contributed by atoms with Gasteiger partial charge in [-0.05, 0) is 48.4 Å². The molecule has 3 aromatic rings. The maximum absolute atomic E-state index is 6.18. The van der Waals surface area contributed by atoms with Gasteiger partial charge in [0.15, 0.2) is 0 Å². The third-order valence-electron chi connectivity index (χ3n) is 3.44. The molecule has 106 valence electrons. The van der Waals surface area contributed by atoms with Gasteiger partial charge < -0.3 is 5.32 Å². The predicted octanol–water partition coefficient (Wildman–Crippen LogP) is 5.46. The minimum atomic E-state index is 0.662. The number of hydrogen-bond acceptors (Lipinski definition) is 2. The highest BCUT2D eigenvalue weighted by molar-refractivity contribution is 6.35.